The van der Waals surface area contributed by atoms with Crippen LogP contribution in [0.5, 0.6) is 5.75 Å². The number of aromatic amines is 1. The Labute approximate surface area is 222 Å². The molecule has 10 heteroatoms. The second-order valence-electron chi connectivity index (χ2n) is 8.82. The maximum atomic E-state index is 13.3. The average Bonchev–Trinajstić information content (AvgIpc) is 3.44. The minimum absolute atomic E-state index is 0.0910. The van der Waals surface area contributed by atoms with E-state index in [0.717, 1.165) is 16.5 Å². The molecule has 1 atom stereocenters. The first-order valence-corrected chi connectivity index (χ1v) is 12.1. The third-order valence-corrected chi connectivity index (χ3v) is 6.93. The highest BCUT2D eigenvalue weighted by Gasteiger charge is 2.45. The van der Waals surface area contributed by atoms with E-state index >= 15 is 0 Å². The number of aliphatic hydroxyl groups excluding tert-OH is 1. The largest absolute Gasteiger partial charge is 0.507 e. The van der Waals surface area contributed by atoms with Gasteiger partial charge >= 0.3 is 0 Å². The van der Waals surface area contributed by atoms with Crippen LogP contribution in [0.4, 0.5) is 5.69 Å². The van der Waals surface area contributed by atoms with Gasteiger partial charge < -0.3 is 19.7 Å². The Morgan fingerprint density at radius 3 is 2.47 bits per heavy atom. The molecule has 192 valence electrons. The molecule has 0 bridgehead atoms. The zero-order valence-electron chi connectivity index (χ0n) is 20.2. The maximum absolute atomic E-state index is 13.3. The van der Waals surface area contributed by atoms with Gasteiger partial charge in [-0.3, -0.25) is 19.7 Å². The smallest absolute Gasteiger partial charge is 0.295 e. The zero-order valence-corrected chi connectivity index (χ0v) is 20.9. The van der Waals surface area contributed by atoms with Crippen molar-refractivity contribution in [1.82, 2.24) is 9.88 Å². The summed E-state index contributed by atoms with van der Waals surface area (Å²) >= 11 is 6.08. The molecule has 1 fully saturated rings. The zero-order chi connectivity index (χ0) is 27.0. The predicted octanol–water partition coefficient (Wildman–Crippen LogP) is 5.40. The van der Waals surface area contributed by atoms with Crippen LogP contribution in [0.15, 0.2) is 78.5 Å². The van der Waals surface area contributed by atoms with Gasteiger partial charge in [-0.2, -0.15) is 0 Å². The van der Waals surface area contributed by atoms with E-state index in [1.54, 1.807) is 31.4 Å². The lowest BCUT2D eigenvalue weighted by molar-refractivity contribution is -0.384. The summed E-state index contributed by atoms with van der Waals surface area (Å²) in [5.74, 6) is -1.28. The number of halogens is 1. The van der Waals surface area contributed by atoms with Crippen LogP contribution in [-0.4, -0.2) is 45.3 Å². The van der Waals surface area contributed by atoms with Crippen molar-refractivity contribution in [1.29, 1.82) is 0 Å². The number of carbonyl (C=O) groups is 2. The van der Waals surface area contributed by atoms with Gasteiger partial charge in [0.25, 0.3) is 17.4 Å². The highest BCUT2D eigenvalue weighted by Crippen LogP contribution is 2.40. The van der Waals surface area contributed by atoms with E-state index in [1.165, 1.54) is 29.2 Å². The number of nitrogens with zero attached hydrogens (tertiary/aromatic N) is 2. The van der Waals surface area contributed by atoms with Crippen LogP contribution in [0.1, 0.15) is 22.7 Å². The lowest BCUT2D eigenvalue weighted by Gasteiger charge is -2.25. The number of non-ortho nitro benzene ring substituents is 1. The molecule has 0 radical (unpaired) electrons. The third kappa shape index (κ3) is 4.48. The predicted molar refractivity (Wildman–Crippen MR) is 142 cm³/mol. The van der Waals surface area contributed by atoms with E-state index in [9.17, 15) is 24.8 Å². The number of ketones is 1. The second-order valence-corrected chi connectivity index (χ2v) is 9.26. The Kier molecular flexibility index (Phi) is 6.61. The number of fused-ring (bicyclic) bond motifs is 1. The van der Waals surface area contributed by atoms with E-state index in [1.807, 2.05) is 24.4 Å². The summed E-state index contributed by atoms with van der Waals surface area (Å²) in [5, 5.41) is 23.6. The summed E-state index contributed by atoms with van der Waals surface area (Å²) in [7, 11) is 1.59. The molecule has 5 rings (SSSR count). The van der Waals surface area contributed by atoms with E-state index in [2.05, 4.69) is 4.98 Å². The fourth-order valence-electron chi connectivity index (χ4n) is 4.73. The molecular weight excluding hydrogens is 510 g/mol. The number of Topliss-reactive ketones (excluding diaryl/α,β-unsaturated/α-hetero) is 1. The van der Waals surface area contributed by atoms with Crippen LogP contribution >= 0.6 is 11.6 Å². The fourth-order valence-corrected chi connectivity index (χ4v) is 4.86. The van der Waals surface area contributed by atoms with Crippen LogP contribution in [0.25, 0.3) is 16.7 Å². The molecule has 3 aromatic carbocycles. The van der Waals surface area contributed by atoms with Crippen LogP contribution in [0, 0.1) is 10.1 Å². The SMILES string of the molecule is COc1ccc2[nH]cc(CCN3C(=O)C(=O)C(=C(O)c4ccc([N+](=O)[O-])cc4)[C@H]3c3ccc(Cl)cc3)c2c1. The summed E-state index contributed by atoms with van der Waals surface area (Å²) in [6.45, 7) is 0.194. The topological polar surface area (TPSA) is 126 Å². The minimum atomic E-state index is -0.873. The fraction of sp³-hybridized carbons (Fsp3) is 0.143. The summed E-state index contributed by atoms with van der Waals surface area (Å²) in [6.07, 6.45) is 2.29. The number of rotatable bonds is 7. The third-order valence-electron chi connectivity index (χ3n) is 6.67. The molecule has 1 aliphatic rings. The number of amides is 1. The number of ether oxygens (including phenoxy) is 1. The van der Waals surface area contributed by atoms with Crippen molar-refractivity contribution in [2.45, 2.75) is 12.5 Å². The van der Waals surface area contributed by atoms with Gasteiger partial charge in [0, 0.05) is 46.4 Å². The molecule has 4 aromatic rings. The first kappa shape index (κ1) is 25.0. The number of nitro groups is 1. The number of nitro benzene ring substituents is 1. The lowest BCUT2D eigenvalue weighted by Crippen LogP contribution is -2.31. The molecule has 0 aliphatic carbocycles. The standard InChI is InChI=1S/C28H22ClN3O6/c1-38-21-10-11-23-22(14-21)18(15-30-23)12-13-31-25(16-2-6-19(29)7-3-16)24(27(34)28(31)35)26(33)17-4-8-20(9-5-17)32(36)37/h2-11,14-15,25,30,33H,12-13H2,1H3/t25-/m1/s1. The summed E-state index contributed by atoms with van der Waals surface area (Å²) in [6, 6.07) is 16.6. The van der Waals surface area contributed by atoms with Crippen molar-refractivity contribution in [3.05, 3.63) is 110 Å². The van der Waals surface area contributed by atoms with Crippen LogP contribution in [-0.2, 0) is 16.0 Å². The van der Waals surface area contributed by atoms with Crippen molar-refractivity contribution in [3.8, 4) is 5.75 Å². The quantitative estimate of drug-likeness (QED) is 0.108. The Morgan fingerprint density at radius 1 is 1.11 bits per heavy atom. The van der Waals surface area contributed by atoms with Gasteiger partial charge in [-0.1, -0.05) is 23.7 Å². The Morgan fingerprint density at radius 2 is 1.82 bits per heavy atom. The van der Waals surface area contributed by atoms with Crippen molar-refractivity contribution in [2.24, 2.45) is 0 Å². The Hall–Kier alpha value is -4.63. The highest BCUT2D eigenvalue weighted by atomic mass is 35.5. The Balaban J connectivity index is 1.54. The first-order valence-electron chi connectivity index (χ1n) is 11.7. The summed E-state index contributed by atoms with van der Waals surface area (Å²) < 4.78 is 5.34. The van der Waals surface area contributed by atoms with Gasteiger partial charge in [0.15, 0.2) is 0 Å². The van der Waals surface area contributed by atoms with Gasteiger partial charge in [0.2, 0.25) is 0 Å². The second kappa shape index (κ2) is 10.0. The number of nitrogens with one attached hydrogen (secondary N) is 1. The summed E-state index contributed by atoms with van der Waals surface area (Å²) in [4.78, 5) is 41.6. The van der Waals surface area contributed by atoms with E-state index in [0.29, 0.717) is 22.8 Å². The normalized spacial score (nSPS) is 16.8. The number of methoxy groups -OCH3 is 1. The number of carbonyl (C=O) groups excluding carboxylic acids is 2. The lowest BCUT2D eigenvalue weighted by atomic mass is 9.95. The number of hydrogen-bond donors (Lipinski definition) is 2. The molecule has 9 nitrogen and oxygen atoms in total. The van der Waals surface area contributed by atoms with E-state index < -0.39 is 28.4 Å². The molecule has 1 amide bonds. The molecule has 1 saturated heterocycles. The molecule has 38 heavy (non-hydrogen) atoms. The van der Waals surface area contributed by atoms with Crippen molar-refractivity contribution in [2.75, 3.05) is 13.7 Å². The number of benzene rings is 3. The number of aromatic nitrogens is 1. The van der Waals surface area contributed by atoms with Crippen LogP contribution < -0.4 is 4.74 Å². The molecule has 0 saturated carbocycles. The van der Waals surface area contributed by atoms with Gasteiger partial charge in [-0.15, -0.1) is 0 Å². The molecule has 1 aromatic heterocycles. The van der Waals surface area contributed by atoms with Crippen molar-refractivity contribution >= 4 is 45.6 Å². The number of aliphatic hydroxyl groups is 1. The molecule has 2 heterocycles. The molecule has 1 aliphatic heterocycles. The van der Waals surface area contributed by atoms with Gasteiger partial charge in [-0.25, -0.2) is 0 Å². The van der Waals surface area contributed by atoms with Gasteiger partial charge in [0.05, 0.1) is 23.6 Å². The molecule has 0 spiro atoms. The first-order chi connectivity index (χ1) is 18.3. The Bertz CT molecular complexity index is 1590. The molecular formula is C28H22ClN3O6. The van der Waals surface area contributed by atoms with Crippen molar-refractivity contribution < 1.29 is 24.4 Å². The molecule has 0 unspecified atom stereocenters. The van der Waals surface area contributed by atoms with Crippen molar-refractivity contribution in [3.63, 3.8) is 0 Å². The van der Waals surface area contributed by atoms with Gasteiger partial charge in [-0.05, 0) is 60.0 Å². The average molecular weight is 532 g/mol. The minimum Gasteiger partial charge on any atom is -0.507 e. The van der Waals surface area contributed by atoms with Crippen LogP contribution in [0.3, 0.4) is 0 Å². The monoisotopic (exact) mass is 531 g/mol. The van der Waals surface area contributed by atoms with Crippen LogP contribution in [0.2, 0.25) is 5.02 Å². The number of hydrogen-bond acceptors (Lipinski definition) is 6. The molecule has 2 N–H and O–H groups in total. The maximum Gasteiger partial charge on any atom is 0.295 e. The van der Waals surface area contributed by atoms with E-state index in [4.69, 9.17) is 16.3 Å². The van der Waals surface area contributed by atoms with Gasteiger partial charge in [0.1, 0.15) is 11.5 Å². The summed E-state index contributed by atoms with van der Waals surface area (Å²) in [5.41, 5.74) is 2.38. The van der Waals surface area contributed by atoms with E-state index in [-0.39, 0.29) is 23.4 Å². The highest BCUT2D eigenvalue weighted by molar-refractivity contribution is 6.46. The number of H-pyrrole nitrogens is 1. The number of likely N-dealkylation sites (tertiary alicyclic amines) is 1.